The Hall–Kier alpha value is -1.02. The summed E-state index contributed by atoms with van der Waals surface area (Å²) in [7, 11) is 2.00. The molecular formula is C14H20N2. The minimum Gasteiger partial charge on any atom is -0.370 e. The summed E-state index contributed by atoms with van der Waals surface area (Å²) in [4.78, 5) is 2.50. The highest BCUT2D eigenvalue weighted by Crippen LogP contribution is 2.53. The Morgan fingerprint density at radius 2 is 1.81 bits per heavy atom. The Morgan fingerprint density at radius 3 is 2.31 bits per heavy atom. The van der Waals surface area contributed by atoms with E-state index in [4.69, 9.17) is 0 Å². The van der Waals surface area contributed by atoms with E-state index in [9.17, 15) is 0 Å². The monoisotopic (exact) mass is 216 g/mol. The molecule has 1 aliphatic heterocycles. The zero-order valence-electron chi connectivity index (χ0n) is 10.2. The standard InChI is InChI=1S/C14H20N2/c1-11(15-2)12-3-5-13(6-4-12)16-9-14(10-16)7-8-14/h3-6,11,15H,7-10H2,1-2H3. The van der Waals surface area contributed by atoms with Crippen molar-refractivity contribution in [1.82, 2.24) is 5.32 Å². The minimum atomic E-state index is 0.445. The molecule has 16 heavy (non-hydrogen) atoms. The first kappa shape index (κ1) is 10.2. The van der Waals surface area contributed by atoms with Crippen LogP contribution in [0.1, 0.15) is 31.4 Å². The van der Waals surface area contributed by atoms with Crippen LogP contribution >= 0.6 is 0 Å². The minimum absolute atomic E-state index is 0.445. The second-order valence-corrected chi connectivity index (χ2v) is 5.46. The number of hydrogen-bond acceptors (Lipinski definition) is 2. The van der Waals surface area contributed by atoms with Gasteiger partial charge in [-0.25, -0.2) is 0 Å². The quantitative estimate of drug-likeness (QED) is 0.835. The second kappa shape index (κ2) is 3.49. The summed E-state index contributed by atoms with van der Waals surface area (Å²) >= 11 is 0. The molecule has 0 amide bonds. The number of nitrogens with one attached hydrogen (secondary N) is 1. The molecule has 2 fully saturated rings. The first-order valence-corrected chi connectivity index (χ1v) is 6.25. The molecule has 0 aromatic heterocycles. The molecule has 1 saturated carbocycles. The molecule has 1 heterocycles. The van der Waals surface area contributed by atoms with Crippen molar-refractivity contribution in [2.75, 3.05) is 25.0 Å². The van der Waals surface area contributed by atoms with Gasteiger partial charge in [0.15, 0.2) is 0 Å². The highest BCUT2D eigenvalue weighted by atomic mass is 15.2. The molecule has 0 bridgehead atoms. The van der Waals surface area contributed by atoms with Crippen molar-refractivity contribution in [3.8, 4) is 0 Å². The van der Waals surface area contributed by atoms with Crippen molar-refractivity contribution in [2.45, 2.75) is 25.8 Å². The van der Waals surface area contributed by atoms with Gasteiger partial charge in [0.05, 0.1) is 0 Å². The van der Waals surface area contributed by atoms with Crippen LogP contribution in [0.2, 0.25) is 0 Å². The number of hydrogen-bond donors (Lipinski definition) is 1. The Morgan fingerprint density at radius 1 is 1.19 bits per heavy atom. The summed E-state index contributed by atoms with van der Waals surface area (Å²) in [5.41, 5.74) is 3.51. The SMILES string of the molecule is CNC(C)c1ccc(N2CC3(CC3)C2)cc1. The van der Waals surface area contributed by atoms with Gasteiger partial charge < -0.3 is 10.2 Å². The van der Waals surface area contributed by atoms with Crippen molar-refractivity contribution >= 4 is 5.69 Å². The number of rotatable bonds is 3. The Labute approximate surface area is 97.6 Å². The molecule has 2 nitrogen and oxygen atoms in total. The lowest BCUT2D eigenvalue weighted by Gasteiger charge is -2.42. The Balaban J connectivity index is 1.68. The van der Waals surface area contributed by atoms with Gasteiger partial charge in [0.2, 0.25) is 0 Å². The molecule has 1 aromatic rings. The van der Waals surface area contributed by atoms with Crippen LogP contribution in [0, 0.1) is 5.41 Å². The normalized spacial score (nSPS) is 23.0. The van der Waals surface area contributed by atoms with E-state index in [-0.39, 0.29) is 0 Å². The van der Waals surface area contributed by atoms with Gasteiger partial charge in [-0.3, -0.25) is 0 Å². The molecule has 86 valence electrons. The average Bonchev–Trinajstić information content (AvgIpc) is 3.06. The van der Waals surface area contributed by atoms with Crippen LogP contribution in [-0.2, 0) is 0 Å². The zero-order chi connectivity index (χ0) is 11.2. The van der Waals surface area contributed by atoms with Crippen molar-refractivity contribution < 1.29 is 0 Å². The van der Waals surface area contributed by atoms with E-state index in [0.717, 1.165) is 5.41 Å². The van der Waals surface area contributed by atoms with Crippen molar-refractivity contribution in [3.05, 3.63) is 29.8 Å². The van der Waals surface area contributed by atoms with Gasteiger partial charge >= 0.3 is 0 Å². The first-order chi connectivity index (χ1) is 7.72. The van der Waals surface area contributed by atoms with Gasteiger partial charge in [0.1, 0.15) is 0 Å². The third kappa shape index (κ3) is 1.61. The summed E-state index contributed by atoms with van der Waals surface area (Å²) in [6.45, 7) is 4.76. The Kier molecular flexibility index (Phi) is 2.21. The molecule has 1 aliphatic carbocycles. The maximum Gasteiger partial charge on any atom is 0.0366 e. The molecule has 0 radical (unpaired) electrons. The molecule has 2 aliphatic rings. The maximum absolute atomic E-state index is 3.27. The first-order valence-electron chi connectivity index (χ1n) is 6.25. The average molecular weight is 216 g/mol. The van der Waals surface area contributed by atoms with Crippen molar-refractivity contribution in [1.29, 1.82) is 0 Å². The summed E-state index contributed by atoms with van der Waals surface area (Å²) in [5.74, 6) is 0. The lowest BCUT2D eigenvalue weighted by molar-refractivity contribution is 0.387. The number of benzene rings is 1. The number of anilines is 1. The van der Waals surface area contributed by atoms with Gasteiger partial charge in [-0.1, -0.05) is 12.1 Å². The van der Waals surface area contributed by atoms with Crippen LogP contribution < -0.4 is 10.2 Å². The van der Waals surface area contributed by atoms with E-state index < -0.39 is 0 Å². The van der Waals surface area contributed by atoms with Crippen molar-refractivity contribution in [2.24, 2.45) is 5.41 Å². The van der Waals surface area contributed by atoms with E-state index in [2.05, 4.69) is 41.4 Å². The van der Waals surface area contributed by atoms with Gasteiger partial charge in [-0.2, -0.15) is 0 Å². The third-order valence-electron chi connectivity index (χ3n) is 4.20. The molecule has 1 spiro atoms. The topological polar surface area (TPSA) is 15.3 Å². The fourth-order valence-corrected chi connectivity index (χ4v) is 2.58. The summed E-state index contributed by atoms with van der Waals surface area (Å²) in [6, 6.07) is 9.46. The van der Waals surface area contributed by atoms with E-state index in [1.165, 1.54) is 37.2 Å². The lowest BCUT2D eigenvalue weighted by atomic mass is 9.95. The fourth-order valence-electron chi connectivity index (χ4n) is 2.58. The van der Waals surface area contributed by atoms with E-state index in [1.807, 2.05) is 7.05 Å². The highest BCUT2D eigenvalue weighted by Gasteiger charge is 2.52. The van der Waals surface area contributed by atoms with E-state index >= 15 is 0 Å². The van der Waals surface area contributed by atoms with Gasteiger partial charge in [0.25, 0.3) is 0 Å². The van der Waals surface area contributed by atoms with E-state index in [0.29, 0.717) is 6.04 Å². The van der Waals surface area contributed by atoms with Crippen LogP contribution in [0.25, 0.3) is 0 Å². The predicted octanol–water partition coefficient (Wildman–Crippen LogP) is 2.57. The van der Waals surface area contributed by atoms with Gasteiger partial charge in [0, 0.05) is 30.2 Å². The molecule has 1 unspecified atom stereocenters. The van der Waals surface area contributed by atoms with Crippen molar-refractivity contribution in [3.63, 3.8) is 0 Å². The predicted molar refractivity (Wildman–Crippen MR) is 67.8 cm³/mol. The van der Waals surface area contributed by atoms with E-state index in [1.54, 1.807) is 0 Å². The molecule has 1 N–H and O–H groups in total. The highest BCUT2D eigenvalue weighted by molar-refractivity contribution is 5.52. The Bertz CT molecular complexity index is 370. The molecular weight excluding hydrogens is 196 g/mol. The summed E-state index contributed by atoms with van der Waals surface area (Å²) in [6.07, 6.45) is 2.91. The van der Waals surface area contributed by atoms with Crippen LogP contribution in [0.15, 0.2) is 24.3 Å². The van der Waals surface area contributed by atoms with Crippen LogP contribution in [0.3, 0.4) is 0 Å². The maximum atomic E-state index is 3.27. The summed E-state index contributed by atoms with van der Waals surface area (Å²) < 4.78 is 0. The van der Waals surface area contributed by atoms with Crippen LogP contribution in [0.4, 0.5) is 5.69 Å². The van der Waals surface area contributed by atoms with Crippen LogP contribution in [-0.4, -0.2) is 20.1 Å². The molecule has 2 heteroatoms. The summed E-state index contributed by atoms with van der Waals surface area (Å²) in [5, 5.41) is 3.27. The molecule has 1 aromatic carbocycles. The smallest absolute Gasteiger partial charge is 0.0366 e. The largest absolute Gasteiger partial charge is 0.370 e. The second-order valence-electron chi connectivity index (χ2n) is 5.46. The van der Waals surface area contributed by atoms with Crippen LogP contribution in [0.5, 0.6) is 0 Å². The fraction of sp³-hybridized carbons (Fsp3) is 0.571. The third-order valence-corrected chi connectivity index (χ3v) is 4.20. The molecule has 1 atom stereocenters. The zero-order valence-corrected chi connectivity index (χ0v) is 10.2. The molecule has 1 saturated heterocycles. The number of nitrogens with zero attached hydrogens (tertiary/aromatic N) is 1. The molecule has 3 rings (SSSR count). The van der Waals surface area contributed by atoms with Gasteiger partial charge in [-0.15, -0.1) is 0 Å². The lowest BCUT2D eigenvalue weighted by Crippen LogP contribution is -2.48. The van der Waals surface area contributed by atoms with Gasteiger partial charge in [-0.05, 0) is 44.5 Å².